The van der Waals surface area contributed by atoms with E-state index >= 15 is 0 Å². The summed E-state index contributed by atoms with van der Waals surface area (Å²) in [5, 5.41) is 2.94. The van der Waals surface area contributed by atoms with Gasteiger partial charge in [-0.15, -0.1) is 12.4 Å². The largest absolute Gasteiger partial charge is 0.354 e. The number of rotatable bonds is 7. The molecule has 4 heteroatoms. The molecule has 21 heavy (non-hydrogen) atoms. The van der Waals surface area contributed by atoms with Crippen molar-refractivity contribution in [3.8, 4) is 0 Å². The van der Waals surface area contributed by atoms with Crippen LogP contribution in [-0.2, 0) is 4.79 Å². The number of hydrogen-bond acceptors (Lipinski definition) is 2. The third-order valence-corrected chi connectivity index (χ3v) is 4.24. The van der Waals surface area contributed by atoms with Gasteiger partial charge < -0.3 is 11.1 Å². The maximum absolute atomic E-state index is 11.8. The molecule has 118 valence electrons. The molecule has 1 unspecified atom stereocenters. The molecule has 1 saturated carbocycles. The van der Waals surface area contributed by atoms with Crippen molar-refractivity contribution in [2.45, 2.75) is 51.0 Å². The van der Waals surface area contributed by atoms with E-state index in [2.05, 4.69) is 5.32 Å². The van der Waals surface area contributed by atoms with Crippen LogP contribution in [0.25, 0.3) is 0 Å². The highest BCUT2D eigenvalue weighted by Crippen LogP contribution is 2.28. The smallest absolute Gasteiger partial charge is 0.220 e. The Bertz CT molecular complexity index is 405. The average Bonchev–Trinajstić information content (AvgIpc) is 2.99. The molecule has 0 bridgehead atoms. The molecule has 0 saturated heterocycles. The Morgan fingerprint density at radius 3 is 2.57 bits per heavy atom. The zero-order valence-electron chi connectivity index (χ0n) is 12.6. The van der Waals surface area contributed by atoms with Gasteiger partial charge in [0.05, 0.1) is 0 Å². The molecule has 2 rings (SSSR count). The van der Waals surface area contributed by atoms with E-state index < -0.39 is 0 Å². The van der Waals surface area contributed by atoms with Gasteiger partial charge in [0, 0.05) is 19.0 Å². The summed E-state index contributed by atoms with van der Waals surface area (Å²) < 4.78 is 0. The monoisotopic (exact) mass is 310 g/mol. The highest BCUT2D eigenvalue weighted by molar-refractivity contribution is 5.85. The predicted molar refractivity (Wildman–Crippen MR) is 89.4 cm³/mol. The molecule has 3 nitrogen and oxygen atoms in total. The van der Waals surface area contributed by atoms with E-state index in [1.807, 2.05) is 30.3 Å². The number of carbonyl (C=O) groups excluding carboxylic acids is 1. The molecule has 0 spiro atoms. The van der Waals surface area contributed by atoms with Crippen molar-refractivity contribution in [3.05, 3.63) is 35.9 Å². The lowest BCUT2D eigenvalue weighted by Gasteiger charge is -2.13. The number of hydrogen-bond donors (Lipinski definition) is 2. The van der Waals surface area contributed by atoms with E-state index in [1.54, 1.807) is 0 Å². The average molecular weight is 311 g/mol. The Balaban J connectivity index is 0.00000220. The maximum atomic E-state index is 11.8. The van der Waals surface area contributed by atoms with Crippen molar-refractivity contribution in [1.82, 2.24) is 5.32 Å². The Morgan fingerprint density at radius 2 is 1.90 bits per heavy atom. The van der Waals surface area contributed by atoms with E-state index in [9.17, 15) is 4.79 Å². The zero-order valence-corrected chi connectivity index (χ0v) is 13.4. The van der Waals surface area contributed by atoms with Gasteiger partial charge >= 0.3 is 0 Å². The quantitative estimate of drug-likeness (QED) is 0.808. The minimum absolute atomic E-state index is 0. The second kappa shape index (κ2) is 9.80. The third kappa shape index (κ3) is 6.49. The Kier molecular flexibility index (Phi) is 8.40. The van der Waals surface area contributed by atoms with Gasteiger partial charge in [0.25, 0.3) is 0 Å². The lowest BCUT2D eigenvalue weighted by Crippen LogP contribution is -2.31. The van der Waals surface area contributed by atoms with Crippen LogP contribution in [0.1, 0.15) is 56.6 Å². The Hall–Kier alpha value is -1.06. The van der Waals surface area contributed by atoms with Gasteiger partial charge in [-0.2, -0.15) is 0 Å². The van der Waals surface area contributed by atoms with Crippen LogP contribution in [-0.4, -0.2) is 12.5 Å². The summed E-state index contributed by atoms with van der Waals surface area (Å²) in [6.07, 6.45) is 8.33. The van der Waals surface area contributed by atoms with E-state index in [1.165, 1.54) is 32.1 Å². The standard InChI is InChI=1S/C17H26N2O.ClH/c18-16(15-10-2-1-3-11-15)13-19-17(20)12-6-9-14-7-4-5-8-14;/h1-3,10-11,14,16H,4-9,12-13,18H2,(H,19,20);1H. The summed E-state index contributed by atoms with van der Waals surface area (Å²) in [6, 6.07) is 9.79. The summed E-state index contributed by atoms with van der Waals surface area (Å²) in [7, 11) is 0. The summed E-state index contributed by atoms with van der Waals surface area (Å²) in [5.41, 5.74) is 7.13. The van der Waals surface area contributed by atoms with Gasteiger partial charge in [0.15, 0.2) is 0 Å². The van der Waals surface area contributed by atoms with Gasteiger partial charge in [-0.3, -0.25) is 4.79 Å². The number of carbonyl (C=O) groups is 1. The lowest BCUT2D eigenvalue weighted by molar-refractivity contribution is -0.121. The molecule has 1 aliphatic carbocycles. The summed E-state index contributed by atoms with van der Waals surface area (Å²) in [6.45, 7) is 0.520. The molecule has 1 fully saturated rings. The van der Waals surface area contributed by atoms with Crippen molar-refractivity contribution < 1.29 is 4.79 Å². The van der Waals surface area contributed by atoms with Gasteiger partial charge in [-0.25, -0.2) is 0 Å². The van der Waals surface area contributed by atoms with Crippen LogP contribution < -0.4 is 11.1 Å². The third-order valence-electron chi connectivity index (χ3n) is 4.24. The number of halogens is 1. The molecule has 0 heterocycles. The SMILES string of the molecule is Cl.NC(CNC(=O)CCCC1CCCC1)c1ccccc1. The Labute approximate surface area is 134 Å². The second-order valence-electron chi connectivity index (χ2n) is 5.86. The fraction of sp³-hybridized carbons (Fsp3) is 0.588. The van der Waals surface area contributed by atoms with Crippen LogP contribution in [0.2, 0.25) is 0 Å². The molecule has 1 aromatic carbocycles. The number of nitrogens with two attached hydrogens (primary N) is 1. The molecular formula is C17H27ClN2O. The molecule has 0 aliphatic heterocycles. The normalized spacial score (nSPS) is 16.2. The van der Waals surface area contributed by atoms with Crippen LogP contribution in [0, 0.1) is 5.92 Å². The van der Waals surface area contributed by atoms with Crippen molar-refractivity contribution in [2.75, 3.05) is 6.54 Å². The molecule has 1 amide bonds. The summed E-state index contributed by atoms with van der Waals surface area (Å²) >= 11 is 0. The molecule has 0 radical (unpaired) electrons. The predicted octanol–water partition coefficient (Wildman–Crippen LogP) is 3.58. The van der Waals surface area contributed by atoms with E-state index in [0.29, 0.717) is 13.0 Å². The van der Waals surface area contributed by atoms with Crippen LogP contribution in [0.15, 0.2) is 30.3 Å². The van der Waals surface area contributed by atoms with E-state index in [-0.39, 0.29) is 24.4 Å². The van der Waals surface area contributed by atoms with Crippen LogP contribution in [0.5, 0.6) is 0 Å². The summed E-state index contributed by atoms with van der Waals surface area (Å²) in [5.74, 6) is 1.00. The Morgan fingerprint density at radius 1 is 1.24 bits per heavy atom. The van der Waals surface area contributed by atoms with Crippen LogP contribution in [0.3, 0.4) is 0 Å². The van der Waals surface area contributed by atoms with E-state index in [4.69, 9.17) is 5.73 Å². The minimum Gasteiger partial charge on any atom is -0.354 e. The van der Waals surface area contributed by atoms with Gasteiger partial charge in [-0.05, 0) is 24.3 Å². The van der Waals surface area contributed by atoms with Crippen LogP contribution in [0.4, 0.5) is 0 Å². The van der Waals surface area contributed by atoms with Crippen molar-refractivity contribution in [3.63, 3.8) is 0 Å². The fourth-order valence-electron chi connectivity index (χ4n) is 2.98. The second-order valence-corrected chi connectivity index (χ2v) is 5.86. The van der Waals surface area contributed by atoms with Crippen LogP contribution >= 0.6 is 12.4 Å². The highest BCUT2D eigenvalue weighted by Gasteiger charge is 2.15. The molecule has 0 aromatic heterocycles. The topological polar surface area (TPSA) is 55.1 Å². The number of nitrogens with one attached hydrogen (secondary N) is 1. The van der Waals surface area contributed by atoms with E-state index in [0.717, 1.165) is 17.9 Å². The highest BCUT2D eigenvalue weighted by atomic mass is 35.5. The molecule has 1 atom stereocenters. The fourth-order valence-corrected chi connectivity index (χ4v) is 2.98. The van der Waals surface area contributed by atoms with Crippen molar-refractivity contribution >= 4 is 18.3 Å². The van der Waals surface area contributed by atoms with Gasteiger partial charge in [0.2, 0.25) is 5.91 Å². The number of amides is 1. The summed E-state index contributed by atoms with van der Waals surface area (Å²) in [4.78, 5) is 11.8. The molecule has 1 aromatic rings. The maximum Gasteiger partial charge on any atom is 0.220 e. The molecule has 3 N–H and O–H groups in total. The first kappa shape index (κ1) is 18.0. The zero-order chi connectivity index (χ0) is 14.2. The first-order chi connectivity index (χ1) is 9.75. The molecule has 1 aliphatic rings. The van der Waals surface area contributed by atoms with Gasteiger partial charge in [0.1, 0.15) is 0 Å². The lowest BCUT2D eigenvalue weighted by atomic mass is 10.0. The van der Waals surface area contributed by atoms with Crippen molar-refractivity contribution in [1.29, 1.82) is 0 Å². The van der Waals surface area contributed by atoms with Crippen molar-refractivity contribution in [2.24, 2.45) is 11.7 Å². The molecular weight excluding hydrogens is 284 g/mol. The minimum atomic E-state index is -0.116. The number of benzene rings is 1. The van der Waals surface area contributed by atoms with Gasteiger partial charge in [-0.1, -0.05) is 56.0 Å². The first-order valence-corrected chi connectivity index (χ1v) is 7.83. The first-order valence-electron chi connectivity index (χ1n) is 7.83.